The Kier molecular flexibility index (Phi) is 5.56. The van der Waals surface area contributed by atoms with Crippen molar-refractivity contribution in [3.8, 4) is 11.5 Å². The van der Waals surface area contributed by atoms with Crippen LogP contribution < -0.4 is 14.8 Å². The fraction of sp³-hybridized carbons (Fsp3) is 0.167. The number of halogens is 2. The van der Waals surface area contributed by atoms with Gasteiger partial charge in [-0.2, -0.15) is 0 Å². The molecule has 7 nitrogen and oxygen atoms in total. The van der Waals surface area contributed by atoms with Crippen LogP contribution in [0, 0.1) is 5.82 Å². The zero-order valence-electron chi connectivity index (χ0n) is 14.5. The quantitative estimate of drug-likeness (QED) is 0.641. The number of fused-ring (bicyclic) bond motifs is 1. The summed E-state index contributed by atoms with van der Waals surface area (Å²) in [6.07, 6.45) is 1.38. The highest BCUT2D eigenvalue weighted by Crippen LogP contribution is 2.35. The van der Waals surface area contributed by atoms with Crippen LogP contribution in [0.2, 0.25) is 5.02 Å². The Morgan fingerprint density at radius 2 is 2.00 bits per heavy atom. The van der Waals surface area contributed by atoms with Gasteiger partial charge in [0.1, 0.15) is 18.0 Å². The number of carbonyl (C=O) groups is 1. The van der Waals surface area contributed by atoms with E-state index in [-0.39, 0.29) is 11.6 Å². The SMILES string of the molecule is COC(=O)COc1cc2c(Nc3ccc(F)c(Cl)c3)ncnc2cc1OC. The van der Waals surface area contributed by atoms with Crippen molar-refractivity contribution in [2.24, 2.45) is 0 Å². The maximum absolute atomic E-state index is 13.4. The molecule has 0 fully saturated rings. The Balaban J connectivity index is 2.00. The van der Waals surface area contributed by atoms with E-state index in [2.05, 4.69) is 20.0 Å². The van der Waals surface area contributed by atoms with Crippen molar-refractivity contribution in [2.45, 2.75) is 0 Å². The molecule has 0 atom stereocenters. The number of anilines is 2. The lowest BCUT2D eigenvalue weighted by Crippen LogP contribution is -2.13. The predicted molar refractivity (Wildman–Crippen MR) is 98.3 cm³/mol. The second kappa shape index (κ2) is 8.05. The zero-order chi connectivity index (χ0) is 19.4. The van der Waals surface area contributed by atoms with E-state index in [9.17, 15) is 9.18 Å². The minimum absolute atomic E-state index is 0.0119. The highest BCUT2D eigenvalue weighted by atomic mass is 35.5. The first-order valence-corrected chi connectivity index (χ1v) is 8.14. The first-order chi connectivity index (χ1) is 13.0. The fourth-order valence-electron chi connectivity index (χ4n) is 2.34. The molecule has 0 aliphatic heterocycles. The third kappa shape index (κ3) is 4.17. The Hall–Kier alpha value is -3.13. The molecule has 2 aromatic carbocycles. The van der Waals surface area contributed by atoms with Gasteiger partial charge in [0.05, 0.1) is 24.8 Å². The van der Waals surface area contributed by atoms with Crippen LogP contribution in [0.5, 0.6) is 11.5 Å². The van der Waals surface area contributed by atoms with Gasteiger partial charge >= 0.3 is 5.97 Å². The second-order valence-corrected chi connectivity index (χ2v) is 5.77. The first kappa shape index (κ1) is 18.7. The number of methoxy groups -OCH3 is 2. The normalized spacial score (nSPS) is 10.5. The first-order valence-electron chi connectivity index (χ1n) is 7.76. The van der Waals surface area contributed by atoms with Gasteiger partial charge in [-0.15, -0.1) is 0 Å². The van der Waals surface area contributed by atoms with Gasteiger partial charge in [0.25, 0.3) is 0 Å². The van der Waals surface area contributed by atoms with Gasteiger partial charge < -0.3 is 19.5 Å². The van der Waals surface area contributed by atoms with E-state index in [4.69, 9.17) is 21.1 Å². The molecule has 27 heavy (non-hydrogen) atoms. The molecular formula is C18H15ClFN3O4. The monoisotopic (exact) mass is 391 g/mol. The van der Waals surface area contributed by atoms with Crippen LogP contribution >= 0.6 is 11.6 Å². The van der Waals surface area contributed by atoms with Crippen molar-refractivity contribution in [3.05, 3.63) is 47.5 Å². The number of nitrogens with one attached hydrogen (secondary N) is 1. The summed E-state index contributed by atoms with van der Waals surface area (Å²) in [5, 5.41) is 3.66. The topological polar surface area (TPSA) is 82.6 Å². The second-order valence-electron chi connectivity index (χ2n) is 5.36. The van der Waals surface area contributed by atoms with Crippen molar-refractivity contribution < 1.29 is 23.4 Å². The Labute approximate surface area is 159 Å². The minimum atomic E-state index is -0.527. The van der Waals surface area contributed by atoms with Crippen LogP contribution in [0.15, 0.2) is 36.7 Å². The van der Waals surface area contributed by atoms with Crippen molar-refractivity contribution in [1.82, 2.24) is 9.97 Å². The largest absolute Gasteiger partial charge is 0.493 e. The number of nitrogens with zero attached hydrogens (tertiary/aromatic N) is 2. The van der Waals surface area contributed by atoms with E-state index in [1.165, 1.54) is 38.7 Å². The number of rotatable bonds is 6. The summed E-state index contributed by atoms with van der Waals surface area (Å²) >= 11 is 5.82. The Morgan fingerprint density at radius 1 is 1.19 bits per heavy atom. The standard InChI is InChI=1S/C18H15ClFN3O4/c1-25-15-7-14-11(6-16(15)27-8-17(24)26-2)18(22-9-21-14)23-10-3-4-13(20)12(19)5-10/h3-7,9H,8H2,1-2H3,(H,21,22,23). The van der Waals surface area contributed by atoms with Gasteiger partial charge in [0.2, 0.25) is 0 Å². The van der Waals surface area contributed by atoms with Crippen molar-refractivity contribution in [2.75, 3.05) is 26.1 Å². The fourth-order valence-corrected chi connectivity index (χ4v) is 2.52. The number of hydrogen-bond acceptors (Lipinski definition) is 7. The lowest BCUT2D eigenvalue weighted by Gasteiger charge is -2.13. The van der Waals surface area contributed by atoms with Crippen LogP contribution in [0.25, 0.3) is 10.9 Å². The zero-order valence-corrected chi connectivity index (χ0v) is 15.2. The maximum Gasteiger partial charge on any atom is 0.343 e. The van der Waals surface area contributed by atoms with Crippen LogP contribution in [0.1, 0.15) is 0 Å². The van der Waals surface area contributed by atoms with Crippen LogP contribution in [-0.2, 0) is 9.53 Å². The average Bonchev–Trinajstić information content (AvgIpc) is 2.68. The summed E-state index contributed by atoms with van der Waals surface area (Å²) in [5.74, 6) is 0.137. The summed E-state index contributed by atoms with van der Waals surface area (Å²) in [7, 11) is 2.75. The highest BCUT2D eigenvalue weighted by Gasteiger charge is 2.13. The molecule has 0 saturated heterocycles. The molecule has 1 aromatic heterocycles. The molecule has 0 bridgehead atoms. The molecule has 1 heterocycles. The van der Waals surface area contributed by atoms with Gasteiger partial charge in [0.15, 0.2) is 18.1 Å². The lowest BCUT2D eigenvalue weighted by molar-refractivity contribution is -0.142. The summed E-state index contributed by atoms with van der Waals surface area (Å²) in [5.41, 5.74) is 1.14. The van der Waals surface area contributed by atoms with E-state index in [1.54, 1.807) is 12.1 Å². The van der Waals surface area contributed by atoms with Gasteiger partial charge in [-0.1, -0.05) is 11.6 Å². The van der Waals surface area contributed by atoms with E-state index >= 15 is 0 Å². The smallest absolute Gasteiger partial charge is 0.343 e. The van der Waals surface area contributed by atoms with Gasteiger partial charge in [-0.25, -0.2) is 19.2 Å². The number of benzene rings is 2. The maximum atomic E-state index is 13.4. The summed E-state index contributed by atoms with van der Waals surface area (Å²) in [6.45, 7) is -0.275. The van der Waals surface area contributed by atoms with Crippen LogP contribution in [0.3, 0.4) is 0 Å². The van der Waals surface area contributed by atoms with E-state index in [1.807, 2.05) is 0 Å². The molecule has 1 N–H and O–H groups in total. The van der Waals surface area contributed by atoms with Crippen LogP contribution in [-0.4, -0.2) is 36.8 Å². The molecule has 9 heteroatoms. The summed E-state index contributed by atoms with van der Waals surface area (Å²) in [6, 6.07) is 7.54. The molecule has 0 radical (unpaired) electrons. The van der Waals surface area contributed by atoms with Gasteiger partial charge in [-0.3, -0.25) is 0 Å². The van der Waals surface area contributed by atoms with Crippen molar-refractivity contribution in [3.63, 3.8) is 0 Å². The average molecular weight is 392 g/mol. The van der Waals surface area contributed by atoms with Crippen molar-refractivity contribution in [1.29, 1.82) is 0 Å². The van der Waals surface area contributed by atoms with Gasteiger partial charge in [-0.05, 0) is 24.3 Å². The number of ether oxygens (including phenoxy) is 3. The molecule has 0 spiro atoms. The third-order valence-electron chi connectivity index (χ3n) is 3.68. The van der Waals surface area contributed by atoms with Crippen molar-refractivity contribution >= 4 is 40.0 Å². The minimum Gasteiger partial charge on any atom is -0.493 e. The molecule has 0 amide bonds. The molecule has 0 aliphatic carbocycles. The number of hydrogen-bond donors (Lipinski definition) is 1. The third-order valence-corrected chi connectivity index (χ3v) is 3.97. The molecule has 0 saturated carbocycles. The van der Waals surface area contributed by atoms with E-state index in [0.717, 1.165) is 0 Å². The molecule has 3 rings (SSSR count). The molecule has 0 aliphatic rings. The van der Waals surface area contributed by atoms with E-state index in [0.29, 0.717) is 33.9 Å². The van der Waals surface area contributed by atoms with Crippen LogP contribution in [0.4, 0.5) is 15.9 Å². The number of carbonyl (C=O) groups excluding carboxylic acids is 1. The molecule has 3 aromatic rings. The highest BCUT2D eigenvalue weighted by molar-refractivity contribution is 6.31. The molecule has 0 unspecified atom stereocenters. The number of esters is 1. The predicted octanol–water partition coefficient (Wildman–Crippen LogP) is 3.73. The Bertz CT molecular complexity index is 1000. The Morgan fingerprint density at radius 3 is 2.70 bits per heavy atom. The number of aromatic nitrogens is 2. The molecular weight excluding hydrogens is 377 g/mol. The lowest BCUT2D eigenvalue weighted by atomic mass is 10.2. The summed E-state index contributed by atoms with van der Waals surface area (Å²) in [4.78, 5) is 19.8. The molecule has 140 valence electrons. The van der Waals surface area contributed by atoms with E-state index < -0.39 is 11.8 Å². The van der Waals surface area contributed by atoms with Gasteiger partial charge in [0, 0.05) is 17.1 Å². The summed E-state index contributed by atoms with van der Waals surface area (Å²) < 4.78 is 28.7.